The zero-order chi connectivity index (χ0) is 23.9. The zero-order valence-electron chi connectivity index (χ0n) is 19.2. The number of ether oxygens (including phenoxy) is 1. The van der Waals surface area contributed by atoms with E-state index < -0.39 is 0 Å². The Labute approximate surface area is 203 Å². The first-order chi connectivity index (χ1) is 16.5. The molecule has 10 heteroatoms. The molecule has 2 aromatic rings. The van der Waals surface area contributed by atoms with Crippen molar-refractivity contribution in [1.82, 2.24) is 15.5 Å². The fraction of sp³-hybridized carbons (Fsp3) is 0.458. The molecular formula is C24H29N5O4S. The minimum absolute atomic E-state index is 0.0137. The molecule has 1 aliphatic carbocycles. The van der Waals surface area contributed by atoms with Gasteiger partial charge in [-0.2, -0.15) is 0 Å². The minimum Gasteiger partial charge on any atom is -0.462 e. The smallest absolute Gasteiger partial charge is 0.338 e. The normalized spacial score (nSPS) is 17.7. The summed E-state index contributed by atoms with van der Waals surface area (Å²) in [4.78, 5) is 38.5. The first-order valence-corrected chi connectivity index (χ1v) is 12.6. The van der Waals surface area contributed by atoms with Gasteiger partial charge in [-0.05, 0) is 69.0 Å². The summed E-state index contributed by atoms with van der Waals surface area (Å²) in [6, 6.07) is 10.7. The lowest BCUT2D eigenvalue weighted by Gasteiger charge is -2.32. The largest absolute Gasteiger partial charge is 0.462 e. The van der Waals surface area contributed by atoms with Crippen molar-refractivity contribution in [2.45, 2.75) is 43.7 Å². The molecule has 2 amide bonds. The van der Waals surface area contributed by atoms with Gasteiger partial charge in [-0.15, -0.1) is 10.2 Å². The number of rotatable bonds is 9. The SMILES string of the molecule is CCOC(=O)c1ccc(NC(=O)CSc2ccc(N3CCC[C@@H](C(=O)NC4CC4)C3)nn2)cc1. The number of hydrogen-bond donors (Lipinski definition) is 2. The predicted octanol–water partition coefficient (Wildman–Crippen LogP) is 2.88. The van der Waals surface area contributed by atoms with E-state index in [1.165, 1.54) is 11.8 Å². The number of carbonyl (C=O) groups is 3. The van der Waals surface area contributed by atoms with Gasteiger partial charge in [0.05, 0.1) is 23.8 Å². The quantitative estimate of drug-likeness (QED) is 0.414. The molecule has 180 valence electrons. The Bertz CT molecular complexity index is 1010. The molecule has 0 spiro atoms. The second-order valence-corrected chi connectivity index (χ2v) is 9.43. The molecule has 2 fully saturated rings. The van der Waals surface area contributed by atoms with Crippen LogP contribution >= 0.6 is 11.8 Å². The van der Waals surface area contributed by atoms with Gasteiger partial charge in [0.15, 0.2) is 5.82 Å². The van der Waals surface area contributed by atoms with E-state index in [1.807, 2.05) is 12.1 Å². The number of carbonyl (C=O) groups excluding carboxylic acids is 3. The van der Waals surface area contributed by atoms with E-state index in [4.69, 9.17) is 4.74 Å². The number of nitrogens with one attached hydrogen (secondary N) is 2. The van der Waals surface area contributed by atoms with Gasteiger partial charge in [0.1, 0.15) is 5.03 Å². The molecule has 1 aromatic heterocycles. The molecule has 1 saturated heterocycles. The van der Waals surface area contributed by atoms with E-state index in [0.717, 1.165) is 38.0 Å². The molecule has 2 heterocycles. The number of nitrogens with zero attached hydrogens (tertiary/aromatic N) is 3. The molecule has 2 aliphatic rings. The lowest BCUT2D eigenvalue weighted by molar-refractivity contribution is -0.125. The van der Waals surface area contributed by atoms with Gasteiger partial charge >= 0.3 is 5.97 Å². The van der Waals surface area contributed by atoms with Crippen molar-refractivity contribution in [2.24, 2.45) is 5.92 Å². The van der Waals surface area contributed by atoms with Crippen LogP contribution in [-0.4, -0.2) is 59.5 Å². The van der Waals surface area contributed by atoms with Crippen LogP contribution in [0.2, 0.25) is 0 Å². The van der Waals surface area contributed by atoms with Crippen LogP contribution in [0.15, 0.2) is 41.4 Å². The summed E-state index contributed by atoms with van der Waals surface area (Å²) in [5.74, 6) is 0.495. The maximum atomic E-state index is 12.4. The number of anilines is 2. The summed E-state index contributed by atoms with van der Waals surface area (Å²) in [5.41, 5.74) is 1.04. The Hall–Kier alpha value is -3.14. The maximum Gasteiger partial charge on any atom is 0.338 e. The van der Waals surface area contributed by atoms with Crippen molar-refractivity contribution in [3.05, 3.63) is 42.0 Å². The highest BCUT2D eigenvalue weighted by atomic mass is 32.2. The van der Waals surface area contributed by atoms with E-state index in [1.54, 1.807) is 31.2 Å². The maximum absolute atomic E-state index is 12.4. The van der Waals surface area contributed by atoms with Crippen molar-refractivity contribution >= 4 is 41.1 Å². The Morgan fingerprint density at radius 1 is 1.09 bits per heavy atom. The highest BCUT2D eigenvalue weighted by Gasteiger charge is 2.31. The summed E-state index contributed by atoms with van der Waals surface area (Å²) in [6.45, 7) is 3.57. The second kappa shape index (κ2) is 11.3. The van der Waals surface area contributed by atoms with Gasteiger partial charge in [0.25, 0.3) is 0 Å². The van der Waals surface area contributed by atoms with Crippen LogP contribution in [0, 0.1) is 5.92 Å². The standard InChI is InChI=1S/C24H29N5O4S/c1-2-33-24(32)16-5-7-18(8-6-16)25-21(30)15-34-22-12-11-20(27-28-22)29-13-3-4-17(14-29)23(31)26-19-9-10-19/h5-8,11-12,17,19H,2-4,9-10,13-15H2,1H3,(H,25,30)(H,26,31)/t17-/m1/s1. The van der Waals surface area contributed by atoms with Gasteiger partial charge in [0, 0.05) is 24.8 Å². The Morgan fingerprint density at radius 3 is 2.56 bits per heavy atom. The lowest BCUT2D eigenvalue weighted by Crippen LogP contribution is -2.44. The first kappa shape index (κ1) is 24.0. The van der Waals surface area contributed by atoms with Crippen LogP contribution in [0.5, 0.6) is 0 Å². The number of amides is 2. The van der Waals surface area contributed by atoms with Crippen molar-refractivity contribution in [2.75, 3.05) is 35.7 Å². The topological polar surface area (TPSA) is 114 Å². The van der Waals surface area contributed by atoms with E-state index in [2.05, 4.69) is 25.7 Å². The molecule has 1 aliphatic heterocycles. The molecule has 1 aromatic carbocycles. The summed E-state index contributed by atoms with van der Waals surface area (Å²) in [6.07, 6.45) is 4.03. The average molecular weight is 484 g/mol. The molecule has 34 heavy (non-hydrogen) atoms. The Kier molecular flexibility index (Phi) is 7.99. The van der Waals surface area contributed by atoms with Gasteiger partial charge < -0.3 is 20.3 Å². The highest BCUT2D eigenvalue weighted by Crippen LogP contribution is 2.25. The van der Waals surface area contributed by atoms with E-state index in [9.17, 15) is 14.4 Å². The van der Waals surface area contributed by atoms with Crippen LogP contribution < -0.4 is 15.5 Å². The van der Waals surface area contributed by atoms with Crippen LogP contribution in [-0.2, 0) is 14.3 Å². The average Bonchev–Trinajstić information content (AvgIpc) is 3.68. The van der Waals surface area contributed by atoms with Gasteiger partial charge in [-0.25, -0.2) is 4.79 Å². The number of piperidine rings is 1. The van der Waals surface area contributed by atoms with Crippen molar-refractivity contribution in [3.63, 3.8) is 0 Å². The van der Waals surface area contributed by atoms with Gasteiger partial charge in [-0.3, -0.25) is 9.59 Å². The number of aromatic nitrogens is 2. The molecule has 9 nitrogen and oxygen atoms in total. The summed E-state index contributed by atoms with van der Waals surface area (Å²) < 4.78 is 4.95. The molecule has 1 atom stereocenters. The van der Waals surface area contributed by atoms with Crippen molar-refractivity contribution in [3.8, 4) is 0 Å². The molecular weight excluding hydrogens is 454 g/mol. The van der Waals surface area contributed by atoms with Crippen LogP contribution in [0.1, 0.15) is 43.0 Å². The minimum atomic E-state index is -0.389. The molecule has 4 rings (SSSR count). The summed E-state index contributed by atoms with van der Waals surface area (Å²) >= 11 is 1.29. The van der Waals surface area contributed by atoms with E-state index in [0.29, 0.717) is 35.5 Å². The Morgan fingerprint density at radius 2 is 1.88 bits per heavy atom. The molecule has 2 N–H and O–H groups in total. The zero-order valence-corrected chi connectivity index (χ0v) is 20.0. The fourth-order valence-corrected chi connectivity index (χ4v) is 4.36. The summed E-state index contributed by atoms with van der Waals surface area (Å²) in [5, 5.41) is 15.1. The number of esters is 1. The van der Waals surface area contributed by atoms with Gasteiger partial charge in [-0.1, -0.05) is 11.8 Å². The number of hydrogen-bond acceptors (Lipinski definition) is 8. The molecule has 0 bridgehead atoms. The van der Waals surface area contributed by atoms with Crippen LogP contribution in [0.3, 0.4) is 0 Å². The summed E-state index contributed by atoms with van der Waals surface area (Å²) in [7, 11) is 0. The van der Waals surface area contributed by atoms with E-state index >= 15 is 0 Å². The highest BCUT2D eigenvalue weighted by molar-refractivity contribution is 7.99. The van der Waals surface area contributed by atoms with Crippen molar-refractivity contribution in [1.29, 1.82) is 0 Å². The molecule has 0 unspecified atom stereocenters. The van der Waals surface area contributed by atoms with E-state index in [-0.39, 0.29) is 29.5 Å². The second-order valence-electron chi connectivity index (χ2n) is 8.43. The molecule has 0 radical (unpaired) electrons. The Balaban J connectivity index is 1.23. The third kappa shape index (κ3) is 6.69. The predicted molar refractivity (Wildman–Crippen MR) is 130 cm³/mol. The molecule has 1 saturated carbocycles. The third-order valence-corrected chi connectivity index (χ3v) is 6.62. The number of thioether (sulfide) groups is 1. The van der Waals surface area contributed by atoms with Crippen LogP contribution in [0.4, 0.5) is 11.5 Å². The van der Waals surface area contributed by atoms with Crippen molar-refractivity contribution < 1.29 is 19.1 Å². The van der Waals surface area contributed by atoms with Gasteiger partial charge in [0.2, 0.25) is 11.8 Å². The van der Waals surface area contributed by atoms with Crippen LogP contribution in [0.25, 0.3) is 0 Å². The first-order valence-electron chi connectivity index (χ1n) is 11.6. The number of benzene rings is 1. The fourth-order valence-electron chi connectivity index (χ4n) is 3.75. The monoisotopic (exact) mass is 483 g/mol. The lowest BCUT2D eigenvalue weighted by atomic mass is 9.97. The third-order valence-electron chi connectivity index (χ3n) is 5.70.